The van der Waals surface area contributed by atoms with Crippen LogP contribution in [0.3, 0.4) is 0 Å². The number of phenolic OH excluding ortho intramolecular Hbond substituents is 1. The Morgan fingerprint density at radius 2 is 1.75 bits per heavy atom. The number of carbonyl (C=O) groups is 1. The van der Waals surface area contributed by atoms with E-state index in [0.29, 0.717) is 23.4 Å². The van der Waals surface area contributed by atoms with Gasteiger partial charge in [-0.1, -0.05) is 25.5 Å². The second-order valence-electron chi connectivity index (χ2n) is 6.69. The van der Waals surface area contributed by atoms with E-state index < -0.39 is 0 Å². The topological polar surface area (TPSA) is 37.3 Å². The van der Waals surface area contributed by atoms with Gasteiger partial charge in [-0.15, -0.1) is 0 Å². The molecule has 0 spiro atoms. The predicted octanol–water partition coefficient (Wildman–Crippen LogP) is 4.21. The summed E-state index contributed by atoms with van der Waals surface area (Å²) in [5.41, 5.74) is 1.61. The first-order chi connectivity index (χ1) is 9.63. The fourth-order valence-electron chi connectivity index (χ4n) is 4.70. The van der Waals surface area contributed by atoms with Crippen LogP contribution in [0.5, 0.6) is 5.75 Å². The highest BCUT2D eigenvalue weighted by Gasteiger charge is 2.48. The zero-order valence-corrected chi connectivity index (χ0v) is 12.3. The molecule has 2 aliphatic rings. The van der Waals surface area contributed by atoms with Crippen LogP contribution in [-0.4, -0.2) is 10.9 Å². The van der Waals surface area contributed by atoms with E-state index in [2.05, 4.69) is 19.1 Å². The SMILES string of the molecule is CC1CCCC1(c1ccc(O)cc1)C1CCC(=O)CC1. The molecule has 2 saturated carbocycles. The number of Topliss-reactive ketones (excluding diaryl/α,β-unsaturated/α-hetero) is 1. The summed E-state index contributed by atoms with van der Waals surface area (Å²) < 4.78 is 0. The lowest BCUT2D eigenvalue weighted by molar-refractivity contribution is -0.121. The molecule has 0 heterocycles. The molecule has 3 rings (SSSR count). The van der Waals surface area contributed by atoms with Crippen molar-refractivity contribution >= 4 is 5.78 Å². The highest BCUT2D eigenvalue weighted by atomic mass is 16.3. The quantitative estimate of drug-likeness (QED) is 0.875. The van der Waals surface area contributed by atoms with Crippen LogP contribution in [0.4, 0.5) is 0 Å². The minimum Gasteiger partial charge on any atom is -0.508 e. The molecular weight excluding hydrogens is 248 g/mol. The van der Waals surface area contributed by atoms with Crippen molar-refractivity contribution in [1.29, 1.82) is 0 Å². The number of hydrogen-bond acceptors (Lipinski definition) is 2. The molecule has 0 aromatic heterocycles. The van der Waals surface area contributed by atoms with Crippen molar-refractivity contribution in [3.8, 4) is 5.75 Å². The summed E-state index contributed by atoms with van der Waals surface area (Å²) >= 11 is 0. The van der Waals surface area contributed by atoms with E-state index in [4.69, 9.17) is 0 Å². The molecule has 108 valence electrons. The largest absolute Gasteiger partial charge is 0.508 e. The van der Waals surface area contributed by atoms with E-state index in [-0.39, 0.29) is 5.41 Å². The van der Waals surface area contributed by atoms with Crippen LogP contribution in [-0.2, 0) is 10.2 Å². The maximum atomic E-state index is 11.6. The molecule has 2 aliphatic carbocycles. The summed E-state index contributed by atoms with van der Waals surface area (Å²) in [6, 6.07) is 7.84. The molecule has 0 radical (unpaired) electrons. The van der Waals surface area contributed by atoms with Crippen LogP contribution < -0.4 is 0 Å². The fourth-order valence-corrected chi connectivity index (χ4v) is 4.70. The average molecular weight is 272 g/mol. The van der Waals surface area contributed by atoms with Crippen LogP contribution in [0.25, 0.3) is 0 Å². The third kappa shape index (κ3) is 2.15. The lowest BCUT2D eigenvalue weighted by atomic mass is 9.60. The number of rotatable bonds is 2. The molecule has 2 nitrogen and oxygen atoms in total. The smallest absolute Gasteiger partial charge is 0.132 e. The molecule has 0 saturated heterocycles. The molecular formula is C18H24O2. The second kappa shape index (κ2) is 5.23. The molecule has 0 amide bonds. The van der Waals surface area contributed by atoms with Gasteiger partial charge in [0.15, 0.2) is 0 Å². The van der Waals surface area contributed by atoms with Crippen LogP contribution in [0, 0.1) is 11.8 Å². The summed E-state index contributed by atoms with van der Waals surface area (Å²) in [5, 5.41) is 9.55. The molecule has 2 fully saturated rings. The Labute approximate surface area is 121 Å². The third-order valence-corrected chi connectivity index (χ3v) is 5.78. The van der Waals surface area contributed by atoms with Gasteiger partial charge in [-0.2, -0.15) is 0 Å². The van der Waals surface area contributed by atoms with Gasteiger partial charge in [0.05, 0.1) is 0 Å². The minimum atomic E-state index is 0.231. The van der Waals surface area contributed by atoms with Crippen molar-refractivity contribution < 1.29 is 9.90 Å². The lowest BCUT2D eigenvalue weighted by Gasteiger charge is -2.44. The van der Waals surface area contributed by atoms with Crippen molar-refractivity contribution in [2.24, 2.45) is 11.8 Å². The Kier molecular flexibility index (Phi) is 3.57. The first-order valence-electron chi connectivity index (χ1n) is 7.94. The molecule has 1 aromatic rings. The number of aromatic hydroxyl groups is 1. The van der Waals surface area contributed by atoms with Gasteiger partial charge in [-0.3, -0.25) is 4.79 Å². The van der Waals surface area contributed by atoms with E-state index in [1.807, 2.05) is 12.1 Å². The summed E-state index contributed by atoms with van der Waals surface area (Å²) in [6.45, 7) is 2.37. The standard InChI is InChI=1S/C18H24O2/c1-13-3-2-12-18(13,14-4-8-16(19)9-5-14)15-6-10-17(20)11-7-15/h4-5,8-9,13,15,19H,2-3,6-7,10-12H2,1H3. The first-order valence-corrected chi connectivity index (χ1v) is 7.94. The first kappa shape index (κ1) is 13.7. The predicted molar refractivity (Wildman–Crippen MR) is 79.8 cm³/mol. The minimum absolute atomic E-state index is 0.231. The van der Waals surface area contributed by atoms with E-state index in [0.717, 1.165) is 25.7 Å². The van der Waals surface area contributed by atoms with E-state index in [9.17, 15) is 9.90 Å². The molecule has 1 N–H and O–H groups in total. The molecule has 20 heavy (non-hydrogen) atoms. The Balaban J connectivity index is 1.96. The van der Waals surface area contributed by atoms with Gasteiger partial charge in [0.25, 0.3) is 0 Å². The van der Waals surface area contributed by atoms with Gasteiger partial charge < -0.3 is 5.11 Å². The highest BCUT2D eigenvalue weighted by Crippen LogP contribution is 2.54. The van der Waals surface area contributed by atoms with E-state index >= 15 is 0 Å². The van der Waals surface area contributed by atoms with Crippen molar-refractivity contribution in [3.63, 3.8) is 0 Å². The molecule has 2 unspecified atom stereocenters. The molecule has 0 aliphatic heterocycles. The molecule has 1 aromatic carbocycles. The van der Waals surface area contributed by atoms with Crippen LogP contribution in [0.1, 0.15) is 57.4 Å². The normalized spacial score (nSPS) is 31.6. The number of hydrogen-bond donors (Lipinski definition) is 1. The summed E-state index contributed by atoms with van der Waals surface area (Å²) in [7, 11) is 0. The average Bonchev–Trinajstić information content (AvgIpc) is 2.83. The van der Waals surface area contributed by atoms with Gasteiger partial charge in [0.2, 0.25) is 0 Å². The molecule has 2 atom stereocenters. The number of phenols is 1. The summed E-state index contributed by atoms with van der Waals surface area (Å²) in [6.07, 6.45) is 7.41. The Hall–Kier alpha value is -1.31. The van der Waals surface area contributed by atoms with Crippen LogP contribution >= 0.6 is 0 Å². The highest BCUT2D eigenvalue weighted by molar-refractivity contribution is 5.79. The van der Waals surface area contributed by atoms with E-state index in [1.165, 1.54) is 24.8 Å². The van der Waals surface area contributed by atoms with E-state index in [1.54, 1.807) is 0 Å². The lowest BCUT2D eigenvalue weighted by Crippen LogP contribution is -2.40. The monoisotopic (exact) mass is 272 g/mol. The maximum Gasteiger partial charge on any atom is 0.132 e. The van der Waals surface area contributed by atoms with Gasteiger partial charge in [-0.25, -0.2) is 0 Å². The third-order valence-electron chi connectivity index (χ3n) is 5.78. The van der Waals surface area contributed by atoms with Crippen LogP contribution in [0.15, 0.2) is 24.3 Å². The number of ketones is 1. The Morgan fingerprint density at radius 3 is 2.30 bits per heavy atom. The van der Waals surface area contributed by atoms with Crippen molar-refractivity contribution in [2.45, 2.75) is 57.3 Å². The summed E-state index contributed by atoms with van der Waals surface area (Å²) in [4.78, 5) is 11.6. The Bertz CT molecular complexity index is 481. The zero-order chi connectivity index (χ0) is 14.2. The maximum absolute atomic E-state index is 11.6. The van der Waals surface area contributed by atoms with Gasteiger partial charge in [0.1, 0.15) is 11.5 Å². The fraction of sp³-hybridized carbons (Fsp3) is 0.611. The van der Waals surface area contributed by atoms with Crippen molar-refractivity contribution in [2.75, 3.05) is 0 Å². The number of carbonyl (C=O) groups excluding carboxylic acids is 1. The molecule has 0 bridgehead atoms. The van der Waals surface area contributed by atoms with Gasteiger partial charge in [0, 0.05) is 18.3 Å². The zero-order valence-electron chi connectivity index (χ0n) is 12.3. The van der Waals surface area contributed by atoms with Gasteiger partial charge in [-0.05, 0) is 55.2 Å². The van der Waals surface area contributed by atoms with Crippen molar-refractivity contribution in [3.05, 3.63) is 29.8 Å². The van der Waals surface area contributed by atoms with Gasteiger partial charge >= 0.3 is 0 Å². The van der Waals surface area contributed by atoms with Crippen LogP contribution in [0.2, 0.25) is 0 Å². The second-order valence-corrected chi connectivity index (χ2v) is 6.69. The molecule has 2 heteroatoms. The number of benzene rings is 1. The summed E-state index contributed by atoms with van der Waals surface area (Å²) in [5.74, 6) is 2.08. The van der Waals surface area contributed by atoms with Crippen molar-refractivity contribution in [1.82, 2.24) is 0 Å². The Morgan fingerprint density at radius 1 is 1.10 bits per heavy atom.